The highest BCUT2D eigenvalue weighted by Crippen LogP contribution is 2.17. The van der Waals surface area contributed by atoms with E-state index in [9.17, 15) is 4.79 Å². The van der Waals surface area contributed by atoms with Crippen LogP contribution < -0.4 is 5.32 Å². The fraction of sp³-hybridized carbons (Fsp3) is 0.364. The van der Waals surface area contributed by atoms with Crippen molar-refractivity contribution in [1.29, 1.82) is 0 Å². The predicted octanol–water partition coefficient (Wildman–Crippen LogP) is 1.93. The Bertz CT molecular complexity index is 269. The summed E-state index contributed by atoms with van der Waals surface area (Å²) in [5.41, 5.74) is 1.21. The molecular formula is C11H15NO. The number of hydrogen-bond acceptors (Lipinski definition) is 1. The van der Waals surface area contributed by atoms with Crippen molar-refractivity contribution in [2.45, 2.75) is 19.3 Å². The van der Waals surface area contributed by atoms with Crippen molar-refractivity contribution in [2.75, 3.05) is 7.05 Å². The first-order valence-corrected chi connectivity index (χ1v) is 4.49. The van der Waals surface area contributed by atoms with E-state index in [1.807, 2.05) is 30.3 Å². The molecule has 0 aliphatic heterocycles. The summed E-state index contributed by atoms with van der Waals surface area (Å²) in [5.74, 6) is 0.387. The topological polar surface area (TPSA) is 29.1 Å². The van der Waals surface area contributed by atoms with Gasteiger partial charge in [-0.3, -0.25) is 4.79 Å². The first-order valence-electron chi connectivity index (χ1n) is 4.49. The largest absolute Gasteiger partial charge is 0.359 e. The number of nitrogens with one attached hydrogen (secondary N) is 1. The maximum Gasteiger partial charge on any atom is 0.220 e. The van der Waals surface area contributed by atoms with Crippen LogP contribution in [0.2, 0.25) is 0 Å². The summed E-state index contributed by atoms with van der Waals surface area (Å²) in [6, 6.07) is 10.1. The number of amides is 1. The van der Waals surface area contributed by atoms with Crippen LogP contribution >= 0.6 is 0 Å². The Morgan fingerprint density at radius 3 is 2.54 bits per heavy atom. The summed E-state index contributed by atoms with van der Waals surface area (Å²) in [6.07, 6.45) is 0.556. The zero-order valence-corrected chi connectivity index (χ0v) is 8.08. The number of carbonyl (C=O) groups is 1. The standard InChI is InChI=1S/C11H15NO/c1-9(8-11(13)12-2)10-6-4-3-5-7-10/h3-7,9H,8H2,1-2H3,(H,12,13)/t9-/m0/s1. The van der Waals surface area contributed by atoms with E-state index in [0.717, 1.165) is 0 Å². The second-order valence-corrected chi connectivity index (χ2v) is 3.19. The molecule has 0 radical (unpaired) electrons. The molecule has 70 valence electrons. The third-order valence-electron chi connectivity index (χ3n) is 2.14. The maximum absolute atomic E-state index is 11.1. The summed E-state index contributed by atoms with van der Waals surface area (Å²) in [6.45, 7) is 2.06. The molecule has 0 saturated heterocycles. The average molecular weight is 177 g/mol. The quantitative estimate of drug-likeness (QED) is 0.751. The Balaban J connectivity index is 2.59. The molecule has 0 saturated carbocycles. The Kier molecular flexibility index (Phi) is 3.50. The van der Waals surface area contributed by atoms with Gasteiger partial charge in [-0.1, -0.05) is 37.3 Å². The lowest BCUT2D eigenvalue weighted by Crippen LogP contribution is -2.19. The third kappa shape index (κ3) is 2.90. The minimum Gasteiger partial charge on any atom is -0.359 e. The summed E-state index contributed by atoms with van der Waals surface area (Å²) in [5, 5.41) is 2.63. The number of benzene rings is 1. The van der Waals surface area contributed by atoms with Gasteiger partial charge in [-0.05, 0) is 11.5 Å². The van der Waals surface area contributed by atoms with Gasteiger partial charge in [-0.15, -0.1) is 0 Å². The van der Waals surface area contributed by atoms with Crippen LogP contribution in [-0.4, -0.2) is 13.0 Å². The number of hydrogen-bond donors (Lipinski definition) is 1. The van der Waals surface area contributed by atoms with Crippen molar-refractivity contribution >= 4 is 5.91 Å². The Labute approximate surface area is 79.0 Å². The van der Waals surface area contributed by atoms with E-state index in [0.29, 0.717) is 12.3 Å². The molecule has 1 aromatic rings. The molecule has 13 heavy (non-hydrogen) atoms. The van der Waals surface area contributed by atoms with Crippen LogP contribution in [0.15, 0.2) is 30.3 Å². The van der Waals surface area contributed by atoms with Crippen LogP contribution in [0.1, 0.15) is 24.8 Å². The fourth-order valence-electron chi connectivity index (χ4n) is 1.28. The summed E-state index contributed by atoms with van der Waals surface area (Å²) in [4.78, 5) is 11.1. The molecule has 0 aromatic heterocycles. The first-order chi connectivity index (χ1) is 6.24. The molecule has 0 unspecified atom stereocenters. The summed E-state index contributed by atoms with van der Waals surface area (Å²) in [7, 11) is 1.67. The van der Waals surface area contributed by atoms with Gasteiger partial charge < -0.3 is 5.32 Å². The average Bonchev–Trinajstić information content (AvgIpc) is 2.19. The van der Waals surface area contributed by atoms with Gasteiger partial charge >= 0.3 is 0 Å². The molecule has 0 bridgehead atoms. The van der Waals surface area contributed by atoms with Crippen molar-refractivity contribution in [3.05, 3.63) is 35.9 Å². The number of carbonyl (C=O) groups excluding carboxylic acids is 1. The molecule has 0 fully saturated rings. The zero-order valence-electron chi connectivity index (χ0n) is 8.08. The molecule has 1 rings (SSSR count). The lowest BCUT2D eigenvalue weighted by Gasteiger charge is -2.09. The van der Waals surface area contributed by atoms with E-state index >= 15 is 0 Å². The van der Waals surface area contributed by atoms with Crippen LogP contribution in [-0.2, 0) is 4.79 Å². The molecule has 0 aliphatic carbocycles. The molecule has 0 aliphatic rings. The third-order valence-corrected chi connectivity index (χ3v) is 2.14. The van der Waals surface area contributed by atoms with Crippen molar-refractivity contribution in [3.8, 4) is 0 Å². The molecule has 2 heteroatoms. The molecule has 0 heterocycles. The summed E-state index contributed by atoms with van der Waals surface area (Å²) < 4.78 is 0. The molecule has 0 spiro atoms. The smallest absolute Gasteiger partial charge is 0.220 e. The van der Waals surface area contributed by atoms with Gasteiger partial charge in [0.25, 0.3) is 0 Å². The molecular weight excluding hydrogens is 162 g/mol. The fourth-order valence-corrected chi connectivity index (χ4v) is 1.28. The van der Waals surface area contributed by atoms with Crippen molar-refractivity contribution in [1.82, 2.24) is 5.32 Å². The maximum atomic E-state index is 11.1. The monoisotopic (exact) mass is 177 g/mol. The van der Waals surface area contributed by atoms with Gasteiger partial charge in [0, 0.05) is 13.5 Å². The van der Waals surface area contributed by atoms with Gasteiger partial charge in [0.2, 0.25) is 5.91 Å². The van der Waals surface area contributed by atoms with Crippen LogP contribution in [0.4, 0.5) is 0 Å². The van der Waals surface area contributed by atoms with E-state index in [1.165, 1.54) is 5.56 Å². The highest BCUT2D eigenvalue weighted by Gasteiger charge is 2.08. The van der Waals surface area contributed by atoms with Crippen molar-refractivity contribution < 1.29 is 4.79 Å². The summed E-state index contributed by atoms with van der Waals surface area (Å²) >= 11 is 0. The molecule has 2 nitrogen and oxygen atoms in total. The lowest BCUT2D eigenvalue weighted by atomic mass is 9.98. The van der Waals surface area contributed by atoms with Gasteiger partial charge in [0.05, 0.1) is 0 Å². The van der Waals surface area contributed by atoms with E-state index < -0.39 is 0 Å². The van der Waals surface area contributed by atoms with Crippen LogP contribution in [0, 0.1) is 0 Å². The predicted molar refractivity (Wildman–Crippen MR) is 53.5 cm³/mol. The number of rotatable bonds is 3. The van der Waals surface area contributed by atoms with Crippen LogP contribution in [0.5, 0.6) is 0 Å². The second kappa shape index (κ2) is 4.65. The molecule has 1 N–H and O–H groups in total. The second-order valence-electron chi connectivity index (χ2n) is 3.19. The zero-order chi connectivity index (χ0) is 9.68. The molecule has 1 atom stereocenters. The van der Waals surface area contributed by atoms with E-state index in [1.54, 1.807) is 7.05 Å². The van der Waals surface area contributed by atoms with E-state index in [2.05, 4.69) is 12.2 Å². The van der Waals surface area contributed by atoms with Crippen molar-refractivity contribution in [3.63, 3.8) is 0 Å². The van der Waals surface area contributed by atoms with Gasteiger partial charge in [-0.25, -0.2) is 0 Å². The van der Waals surface area contributed by atoms with Gasteiger partial charge in [0.15, 0.2) is 0 Å². The van der Waals surface area contributed by atoms with Crippen LogP contribution in [0.25, 0.3) is 0 Å². The Morgan fingerprint density at radius 1 is 1.38 bits per heavy atom. The van der Waals surface area contributed by atoms with Crippen molar-refractivity contribution in [2.24, 2.45) is 0 Å². The minimum atomic E-state index is 0.0938. The first kappa shape index (κ1) is 9.78. The minimum absolute atomic E-state index is 0.0938. The SMILES string of the molecule is CNC(=O)C[C@H](C)c1ccccc1. The molecule has 1 aromatic carbocycles. The highest BCUT2D eigenvalue weighted by molar-refractivity contribution is 5.76. The highest BCUT2D eigenvalue weighted by atomic mass is 16.1. The van der Waals surface area contributed by atoms with E-state index in [4.69, 9.17) is 0 Å². The van der Waals surface area contributed by atoms with Gasteiger partial charge in [-0.2, -0.15) is 0 Å². The Hall–Kier alpha value is -1.31. The lowest BCUT2D eigenvalue weighted by molar-refractivity contribution is -0.120. The normalized spacial score (nSPS) is 12.2. The van der Waals surface area contributed by atoms with Gasteiger partial charge in [0.1, 0.15) is 0 Å². The van der Waals surface area contributed by atoms with Crippen LogP contribution in [0.3, 0.4) is 0 Å². The Morgan fingerprint density at radius 2 is 2.00 bits per heavy atom. The van der Waals surface area contributed by atoms with E-state index in [-0.39, 0.29) is 5.91 Å². The molecule has 1 amide bonds.